The molecule has 1 aliphatic carbocycles. The first-order valence-corrected chi connectivity index (χ1v) is 11.6. The van der Waals surface area contributed by atoms with E-state index in [-0.39, 0.29) is 12.1 Å². The van der Waals surface area contributed by atoms with Crippen molar-refractivity contribution < 1.29 is 37.3 Å². The van der Waals surface area contributed by atoms with Crippen molar-refractivity contribution in [2.24, 2.45) is 11.1 Å². The lowest BCUT2D eigenvalue weighted by Gasteiger charge is -2.44. The van der Waals surface area contributed by atoms with Crippen molar-refractivity contribution in [2.45, 2.75) is 89.3 Å². The fourth-order valence-corrected chi connectivity index (χ4v) is 5.50. The predicted molar refractivity (Wildman–Crippen MR) is 118 cm³/mol. The Labute approximate surface area is 197 Å². The van der Waals surface area contributed by atoms with E-state index in [1.54, 1.807) is 4.90 Å². The molecule has 0 radical (unpaired) electrons. The van der Waals surface area contributed by atoms with Gasteiger partial charge in [0.15, 0.2) is 0 Å². The standard InChI is InChI=1S/C24H33F3N2O5/c1-22(2,3)19-17(33-21(28)31)10-13-29(19)20(30)18(23(32)11-5-4-6-12-23)15-8-7-9-16(14-15)34-24(25,26)27/h7-9,14,17-19,32H,4-6,10-13H2,1-3H3,(H2,28,31)/t17-,18?,19?/m1/s1. The summed E-state index contributed by atoms with van der Waals surface area (Å²) >= 11 is 0. The minimum absolute atomic E-state index is 0.253. The summed E-state index contributed by atoms with van der Waals surface area (Å²) in [5, 5.41) is 11.6. The zero-order valence-electron chi connectivity index (χ0n) is 19.7. The summed E-state index contributed by atoms with van der Waals surface area (Å²) in [6.07, 6.45) is -3.06. The molecular weight excluding hydrogens is 453 g/mol. The Kier molecular flexibility index (Phi) is 7.40. The van der Waals surface area contributed by atoms with E-state index in [1.165, 1.54) is 18.2 Å². The van der Waals surface area contributed by atoms with Crippen LogP contribution in [0.15, 0.2) is 24.3 Å². The van der Waals surface area contributed by atoms with E-state index in [9.17, 15) is 27.9 Å². The molecule has 0 aromatic heterocycles. The van der Waals surface area contributed by atoms with E-state index >= 15 is 0 Å². The van der Waals surface area contributed by atoms with Crippen LogP contribution in [-0.2, 0) is 9.53 Å². The van der Waals surface area contributed by atoms with E-state index in [4.69, 9.17) is 10.5 Å². The third-order valence-corrected chi connectivity index (χ3v) is 6.71. The number of hydrogen-bond acceptors (Lipinski definition) is 5. The Bertz CT molecular complexity index is 893. The lowest BCUT2D eigenvalue weighted by atomic mass is 9.71. The van der Waals surface area contributed by atoms with Gasteiger partial charge in [-0.05, 0) is 36.0 Å². The highest BCUT2D eigenvalue weighted by atomic mass is 19.4. The minimum atomic E-state index is -4.88. The highest BCUT2D eigenvalue weighted by Gasteiger charge is 2.51. The molecule has 1 aromatic rings. The molecule has 0 spiro atoms. The zero-order valence-corrected chi connectivity index (χ0v) is 19.7. The van der Waals surface area contributed by atoms with Gasteiger partial charge in [-0.25, -0.2) is 4.79 Å². The van der Waals surface area contributed by atoms with Gasteiger partial charge in [0.25, 0.3) is 0 Å². The number of rotatable bonds is 5. The second kappa shape index (κ2) is 9.64. The van der Waals surface area contributed by atoms with Crippen molar-refractivity contribution in [3.8, 4) is 5.75 Å². The van der Waals surface area contributed by atoms with Crippen LogP contribution in [0, 0.1) is 5.41 Å². The van der Waals surface area contributed by atoms with Crippen LogP contribution in [0.4, 0.5) is 18.0 Å². The number of aliphatic hydroxyl groups is 1. The lowest BCUT2D eigenvalue weighted by molar-refractivity contribution is -0.274. The maximum Gasteiger partial charge on any atom is 0.573 e. The predicted octanol–water partition coefficient (Wildman–Crippen LogP) is 4.47. The van der Waals surface area contributed by atoms with E-state index < -0.39 is 53.2 Å². The quantitative estimate of drug-likeness (QED) is 0.639. The molecule has 1 saturated heterocycles. The summed E-state index contributed by atoms with van der Waals surface area (Å²) in [7, 11) is 0. The van der Waals surface area contributed by atoms with Crippen molar-refractivity contribution in [1.82, 2.24) is 4.90 Å². The molecule has 0 bridgehead atoms. The minimum Gasteiger partial charge on any atom is -0.444 e. The molecule has 2 fully saturated rings. The van der Waals surface area contributed by atoms with Crippen molar-refractivity contribution in [3.05, 3.63) is 29.8 Å². The molecule has 3 N–H and O–H groups in total. The number of likely N-dealkylation sites (tertiary alicyclic amines) is 1. The average molecular weight is 487 g/mol. The smallest absolute Gasteiger partial charge is 0.444 e. The van der Waals surface area contributed by atoms with Crippen molar-refractivity contribution in [1.29, 1.82) is 0 Å². The van der Waals surface area contributed by atoms with Crippen LogP contribution >= 0.6 is 0 Å². The number of alkyl halides is 3. The number of primary amides is 1. The molecule has 2 aliphatic rings. The van der Waals surface area contributed by atoms with E-state index in [2.05, 4.69) is 4.74 Å². The Morgan fingerprint density at radius 2 is 1.82 bits per heavy atom. The second-order valence-corrected chi connectivity index (χ2v) is 10.3. The Morgan fingerprint density at radius 1 is 1.18 bits per heavy atom. The number of amides is 2. The SMILES string of the molecule is CC(C)(C)C1[C@H](OC(N)=O)CCN1C(=O)C(c1cccc(OC(F)(F)F)c1)C1(O)CCCCC1. The van der Waals surface area contributed by atoms with Gasteiger partial charge in [-0.15, -0.1) is 13.2 Å². The molecule has 1 saturated carbocycles. The molecule has 190 valence electrons. The molecule has 10 heteroatoms. The molecular formula is C24H33F3N2O5. The highest BCUT2D eigenvalue weighted by molar-refractivity contribution is 5.86. The molecule has 1 aromatic carbocycles. The number of carbonyl (C=O) groups excluding carboxylic acids is 2. The van der Waals surface area contributed by atoms with Gasteiger partial charge in [-0.1, -0.05) is 52.2 Å². The zero-order chi connectivity index (χ0) is 25.3. The normalized spacial score (nSPS) is 23.9. The average Bonchev–Trinajstić information content (AvgIpc) is 3.11. The number of hydrogen-bond donors (Lipinski definition) is 2. The number of nitrogens with two attached hydrogens (primary N) is 1. The molecule has 1 heterocycles. The van der Waals surface area contributed by atoms with Crippen LogP contribution in [0.3, 0.4) is 0 Å². The maximum atomic E-state index is 14.1. The number of benzene rings is 1. The summed E-state index contributed by atoms with van der Waals surface area (Å²) in [5.41, 5.74) is 3.59. The van der Waals surface area contributed by atoms with Crippen molar-refractivity contribution in [3.63, 3.8) is 0 Å². The van der Waals surface area contributed by atoms with Gasteiger partial charge < -0.3 is 25.2 Å². The topological polar surface area (TPSA) is 102 Å². The first-order valence-electron chi connectivity index (χ1n) is 11.6. The summed E-state index contributed by atoms with van der Waals surface area (Å²) < 4.78 is 47.9. The van der Waals surface area contributed by atoms with E-state index in [1.807, 2.05) is 20.8 Å². The lowest BCUT2D eigenvalue weighted by Crippen LogP contribution is -2.54. The molecule has 7 nitrogen and oxygen atoms in total. The van der Waals surface area contributed by atoms with Gasteiger partial charge in [0.05, 0.1) is 17.6 Å². The molecule has 34 heavy (non-hydrogen) atoms. The molecule has 2 unspecified atom stereocenters. The van der Waals surface area contributed by atoms with Crippen LogP contribution < -0.4 is 10.5 Å². The van der Waals surface area contributed by atoms with Crippen LogP contribution in [0.1, 0.15) is 70.8 Å². The van der Waals surface area contributed by atoms with Crippen molar-refractivity contribution in [2.75, 3.05) is 6.54 Å². The van der Waals surface area contributed by atoms with Crippen LogP contribution in [0.25, 0.3) is 0 Å². The number of ether oxygens (including phenoxy) is 2. The largest absolute Gasteiger partial charge is 0.573 e. The van der Waals surface area contributed by atoms with Gasteiger partial charge in [-0.2, -0.15) is 0 Å². The summed E-state index contributed by atoms with van der Waals surface area (Å²) in [4.78, 5) is 27.1. The highest BCUT2D eigenvalue weighted by Crippen LogP contribution is 2.44. The first-order chi connectivity index (χ1) is 15.7. The van der Waals surface area contributed by atoms with Crippen LogP contribution in [0.5, 0.6) is 5.75 Å². The van der Waals surface area contributed by atoms with E-state index in [0.717, 1.165) is 12.5 Å². The van der Waals surface area contributed by atoms with Crippen LogP contribution in [0.2, 0.25) is 0 Å². The summed E-state index contributed by atoms with van der Waals surface area (Å²) in [5.74, 6) is -1.96. The second-order valence-electron chi connectivity index (χ2n) is 10.3. The van der Waals surface area contributed by atoms with Crippen molar-refractivity contribution >= 4 is 12.0 Å². The summed E-state index contributed by atoms with van der Waals surface area (Å²) in [6.45, 7) is 5.98. The van der Waals surface area contributed by atoms with Gasteiger partial charge in [0, 0.05) is 13.0 Å². The number of nitrogens with zero attached hydrogens (tertiary/aromatic N) is 1. The summed E-state index contributed by atoms with van der Waals surface area (Å²) in [6, 6.07) is 4.73. The molecule has 3 atom stereocenters. The molecule has 3 rings (SSSR count). The number of carbonyl (C=O) groups is 2. The third kappa shape index (κ3) is 5.95. The first kappa shape index (κ1) is 26.1. The van der Waals surface area contributed by atoms with Gasteiger partial charge in [0.2, 0.25) is 5.91 Å². The maximum absolute atomic E-state index is 14.1. The Balaban J connectivity index is 2.03. The van der Waals surface area contributed by atoms with Crippen LogP contribution in [-0.4, -0.2) is 52.7 Å². The monoisotopic (exact) mass is 486 g/mol. The fourth-order valence-electron chi connectivity index (χ4n) is 5.50. The van der Waals surface area contributed by atoms with Gasteiger partial charge in [-0.3, -0.25) is 4.79 Å². The fraction of sp³-hybridized carbons (Fsp3) is 0.667. The molecule has 2 amide bonds. The number of halogens is 3. The molecule has 1 aliphatic heterocycles. The third-order valence-electron chi connectivity index (χ3n) is 6.71. The van der Waals surface area contributed by atoms with E-state index in [0.29, 0.717) is 32.1 Å². The van der Waals surface area contributed by atoms with Gasteiger partial charge in [0.1, 0.15) is 11.9 Å². The van der Waals surface area contributed by atoms with Gasteiger partial charge >= 0.3 is 12.5 Å². The Morgan fingerprint density at radius 3 is 2.38 bits per heavy atom. The Hall–Kier alpha value is -2.49.